The predicted molar refractivity (Wildman–Crippen MR) is 138 cm³/mol. The number of rotatable bonds is 5. The molecule has 3 aromatic carbocycles. The number of fused-ring (bicyclic) bond motifs is 1. The molecule has 2 fully saturated rings. The van der Waals surface area contributed by atoms with E-state index >= 15 is 0 Å². The summed E-state index contributed by atoms with van der Waals surface area (Å²) in [5.41, 5.74) is 9.34. The smallest absolute Gasteiger partial charge is 0.261 e. The molecule has 2 aliphatic rings. The quantitative estimate of drug-likeness (QED) is 0.444. The first kappa shape index (κ1) is 23.0. The Morgan fingerprint density at radius 2 is 1.62 bits per heavy atom. The fraction of sp³-hybridized carbons (Fsp3) is 0.231. The molecule has 1 saturated heterocycles. The van der Waals surface area contributed by atoms with E-state index in [9.17, 15) is 9.59 Å². The predicted octanol–water partition coefficient (Wildman–Crippen LogP) is 6.15. The van der Waals surface area contributed by atoms with Gasteiger partial charge in [0.1, 0.15) is 0 Å². The maximum Gasteiger partial charge on any atom is 0.261 e. The number of primary amides is 1. The summed E-state index contributed by atoms with van der Waals surface area (Å²) in [6.07, 6.45) is 1.25. The summed E-state index contributed by atoms with van der Waals surface area (Å²) in [4.78, 5) is 29.0. The molecule has 2 unspecified atom stereocenters. The van der Waals surface area contributed by atoms with E-state index in [1.54, 1.807) is 48.3 Å². The Morgan fingerprint density at radius 1 is 0.941 bits per heavy atom. The molecule has 1 aliphatic carbocycles. The van der Waals surface area contributed by atoms with Crippen molar-refractivity contribution in [2.24, 2.45) is 17.6 Å². The van der Waals surface area contributed by atoms with Crippen molar-refractivity contribution < 1.29 is 9.59 Å². The molecule has 34 heavy (non-hydrogen) atoms. The Balaban J connectivity index is 1.59. The van der Waals surface area contributed by atoms with Gasteiger partial charge in [0, 0.05) is 36.3 Å². The summed E-state index contributed by atoms with van der Waals surface area (Å²) in [5.74, 6) is 0.577. The topological polar surface area (TPSA) is 66.6 Å². The number of nitrogens with two attached hydrogens (primary N) is 1. The van der Waals surface area contributed by atoms with Crippen LogP contribution in [0, 0.1) is 11.8 Å². The van der Waals surface area contributed by atoms with Crippen LogP contribution in [0.1, 0.15) is 27.1 Å². The van der Waals surface area contributed by atoms with Gasteiger partial charge >= 0.3 is 0 Å². The summed E-state index contributed by atoms with van der Waals surface area (Å²) < 4.78 is 0. The van der Waals surface area contributed by atoms with Crippen LogP contribution in [-0.2, 0) is 0 Å². The highest BCUT2D eigenvalue weighted by Gasteiger charge is 2.45. The Bertz CT molecular complexity index is 1300. The minimum absolute atomic E-state index is 0.268. The van der Waals surface area contributed by atoms with Crippen LogP contribution in [0.5, 0.6) is 0 Å². The van der Waals surface area contributed by atoms with Crippen molar-refractivity contribution in [2.45, 2.75) is 6.42 Å². The van der Waals surface area contributed by atoms with E-state index in [1.165, 1.54) is 6.42 Å². The highest BCUT2D eigenvalue weighted by atomic mass is 35.5. The van der Waals surface area contributed by atoms with Gasteiger partial charge in [0.15, 0.2) is 0 Å². The van der Waals surface area contributed by atoms with Crippen LogP contribution < -0.4 is 15.5 Å². The minimum atomic E-state index is -0.517. The third-order valence-electron chi connectivity index (χ3n) is 6.70. The maximum atomic E-state index is 13.4. The van der Waals surface area contributed by atoms with Crippen molar-refractivity contribution in [3.63, 3.8) is 0 Å². The largest absolute Gasteiger partial charge is 0.369 e. The third kappa shape index (κ3) is 4.13. The molecule has 1 aliphatic heterocycles. The highest BCUT2D eigenvalue weighted by Crippen LogP contribution is 2.49. The number of piperidine rings is 1. The molecule has 2 N–H and O–H groups in total. The zero-order valence-electron chi connectivity index (χ0n) is 18.4. The SMILES string of the molecule is CN(C(=O)c1c(Cl)cccc1Cl)c1ccc(-c2cc(C(N)=O)ccc2Cl)cc1N1CC2CC2C1. The molecule has 174 valence electrons. The van der Waals surface area contributed by atoms with Crippen LogP contribution >= 0.6 is 34.8 Å². The van der Waals surface area contributed by atoms with Gasteiger partial charge in [-0.2, -0.15) is 0 Å². The molecule has 0 aromatic heterocycles. The van der Waals surface area contributed by atoms with Crippen LogP contribution in [0.25, 0.3) is 11.1 Å². The van der Waals surface area contributed by atoms with Crippen molar-refractivity contribution >= 4 is 58.0 Å². The molecule has 5 rings (SSSR count). The first-order chi connectivity index (χ1) is 16.2. The van der Waals surface area contributed by atoms with Gasteiger partial charge in [0.2, 0.25) is 5.91 Å². The second-order valence-corrected chi connectivity index (χ2v) is 10.1. The molecular weight excluding hydrogens is 493 g/mol. The van der Waals surface area contributed by atoms with Crippen molar-refractivity contribution in [1.29, 1.82) is 0 Å². The lowest BCUT2D eigenvalue weighted by atomic mass is 10.0. The number of nitrogens with zero attached hydrogens (tertiary/aromatic N) is 2. The fourth-order valence-corrected chi connectivity index (χ4v) is 5.49. The van der Waals surface area contributed by atoms with Crippen molar-refractivity contribution in [2.75, 3.05) is 29.9 Å². The van der Waals surface area contributed by atoms with Gasteiger partial charge in [-0.1, -0.05) is 46.9 Å². The summed E-state index contributed by atoms with van der Waals surface area (Å²) in [7, 11) is 1.72. The zero-order valence-corrected chi connectivity index (χ0v) is 20.7. The molecule has 2 atom stereocenters. The first-order valence-corrected chi connectivity index (χ1v) is 12.1. The Morgan fingerprint density at radius 3 is 2.26 bits per heavy atom. The summed E-state index contributed by atoms with van der Waals surface area (Å²) in [6, 6.07) is 15.8. The summed E-state index contributed by atoms with van der Waals surface area (Å²) in [6.45, 7) is 1.87. The maximum absolute atomic E-state index is 13.4. The number of hydrogen-bond donors (Lipinski definition) is 1. The van der Waals surface area contributed by atoms with E-state index in [-0.39, 0.29) is 11.5 Å². The van der Waals surface area contributed by atoms with Gasteiger partial charge in [-0.05, 0) is 66.3 Å². The second kappa shape index (κ2) is 8.81. The molecular formula is C26H22Cl3N3O2. The molecule has 3 aromatic rings. The van der Waals surface area contributed by atoms with Gasteiger partial charge in [0.25, 0.3) is 5.91 Å². The lowest BCUT2D eigenvalue weighted by Gasteiger charge is -2.29. The normalized spacial score (nSPS) is 18.5. The van der Waals surface area contributed by atoms with Crippen molar-refractivity contribution in [3.8, 4) is 11.1 Å². The number of anilines is 2. The number of carbonyl (C=O) groups excluding carboxylic acids is 2. The molecule has 1 saturated carbocycles. The van der Waals surface area contributed by atoms with Crippen LogP contribution in [0.2, 0.25) is 15.1 Å². The second-order valence-electron chi connectivity index (χ2n) is 8.88. The van der Waals surface area contributed by atoms with E-state index in [4.69, 9.17) is 40.5 Å². The van der Waals surface area contributed by atoms with Crippen LogP contribution in [0.4, 0.5) is 11.4 Å². The van der Waals surface area contributed by atoms with E-state index < -0.39 is 5.91 Å². The number of amides is 2. The molecule has 1 heterocycles. The van der Waals surface area contributed by atoms with Gasteiger partial charge in [-0.15, -0.1) is 0 Å². The first-order valence-electron chi connectivity index (χ1n) is 11.0. The van der Waals surface area contributed by atoms with Crippen LogP contribution in [0.15, 0.2) is 54.6 Å². The summed E-state index contributed by atoms with van der Waals surface area (Å²) >= 11 is 19.1. The lowest BCUT2D eigenvalue weighted by Crippen LogP contribution is -2.30. The minimum Gasteiger partial charge on any atom is -0.369 e. The third-order valence-corrected chi connectivity index (χ3v) is 7.66. The number of halogens is 3. The lowest BCUT2D eigenvalue weighted by molar-refractivity contribution is 0.0988. The van der Waals surface area contributed by atoms with Gasteiger partial charge < -0.3 is 15.5 Å². The number of hydrogen-bond acceptors (Lipinski definition) is 3. The molecule has 0 spiro atoms. The summed E-state index contributed by atoms with van der Waals surface area (Å²) in [5, 5.41) is 1.13. The zero-order chi connectivity index (χ0) is 24.1. The van der Waals surface area contributed by atoms with E-state index in [2.05, 4.69) is 4.90 Å². The molecule has 0 bridgehead atoms. The van der Waals surface area contributed by atoms with E-state index in [1.807, 2.05) is 18.2 Å². The monoisotopic (exact) mass is 513 g/mol. The molecule has 5 nitrogen and oxygen atoms in total. The molecule has 0 radical (unpaired) electrons. The van der Waals surface area contributed by atoms with E-state index in [0.29, 0.717) is 38.0 Å². The molecule has 8 heteroatoms. The van der Waals surface area contributed by atoms with Crippen LogP contribution in [0.3, 0.4) is 0 Å². The average Bonchev–Trinajstić information content (AvgIpc) is 3.42. The van der Waals surface area contributed by atoms with Gasteiger partial charge in [-0.3, -0.25) is 9.59 Å². The van der Waals surface area contributed by atoms with Crippen molar-refractivity contribution in [3.05, 3.63) is 80.8 Å². The standard InChI is InChI=1S/C26H22Cl3N3O2/c1-31(26(34)24-20(28)3-2-4-21(24)29)22-8-6-14(11-23(22)32-12-16-9-17(16)13-32)18-10-15(25(30)33)5-7-19(18)27/h2-8,10-11,16-17H,9,12-13H2,1H3,(H2,30,33). The fourth-order valence-electron chi connectivity index (χ4n) is 4.70. The Labute approximate surface area is 213 Å². The van der Waals surface area contributed by atoms with Crippen LogP contribution in [-0.4, -0.2) is 32.0 Å². The van der Waals surface area contributed by atoms with Gasteiger partial charge in [-0.25, -0.2) is 0 Å². The average molecular weight is 515 g/mol. The van der Waals surface area contributed by atoms with E-state index in [0.717, 1.165) is 30.0 Å². The Kier molecular flexibility index (Phi) is 5.96. The highest BCUT2D eigenvalue weighted by molar-refractivity contribution is 6.40. The number of carbonyl (C=O) groups is 2. The number of benzene rings is 3. The van der Waals surface area contributed by atoms with Gasteiger partial charge in [0.05, 0.1) is 27.0 Å². The van der Waals surface area contributed by atoms with Crippen molar-refractivity contribution in [1.82, 2.24) is 0 Å². The Hall–Kier alpha value is -2.73. The molecule has 2 amide bonds.